The zero-order valence-electron chi connectivity index (χ0n) is 25.6. The van der Waals surface area contributed by atoms with Gasteiger partial charge >= 0.3 is 0 Å². The minimum Gasteiger partial charge on any atom is -0.497 e. The van der Waals surface area contributed by atoms with Crippen molar-refractivity contribution in [2.24, 2.45) is 5.41 Å². The molecule has 1 aliphatic rings. The Balaban J connectivity index is 1.98. The molecule has 0 unspecified atom stereocenters. The van der Waals surface area contributed by atoms with E-state index in [1.807, 2.05) is 12.1 Å². The SMILES string of the molecule is COc1ccc(COCC[C@@H]2C/C(=C/[Si](C)(C)C)C[C@H](/C=C/C(C)(C)CO[Si](C)(C)C(C)(C)C)O2)cc1. The topological polar surface area (TPSA) is 36.9 Å². The molecule has 0 radical (unpaired) electrons. The monoisotopic (exact) mass is 546 g/mol. The van der Waals surface area contributed by atoms with Crippen LogP contribution < -0.4 is 4.74 Å². The van der Waals surface area contributed by atoms with Crippen LogP contribution in [0, 0.1) is 5.41 Å². The van der Waals surface area contributed by atoms with Gasteiger partial charge in [0.15, 0.2) is 8.32 Å². The molecule has 1 fully saturated rings. The average molecular weight is 547 g/mol. The van der Waals surface area contributed by atoms with Gasteiger partial charge in [-0.05, 0) is 55.1 Å². The summed E-state index contributed by atoms with van der Waals surface area (Å²) in [5.74, 6) is 0.870. The van der Waals surface area contributed by atoms with Crippen molar-refractivity contribution in [3.05, 3.63) is 53.3 Å². The van der Waals surface area contributed by atoms with Crippen LogP contribution in [-0.4, -0.2) is 48.9 Å². The van der Waals surface area contributed by atoms with Gasteiger partial charge in [0.1, 0.15) is 5.75 Å². The summed E-state index contributed by atoms with van der Waals surface area (Å²) in [5.41, 5.74) is 5.26. The van der Waals surface area contributed by atoms with Crippen LogP contribution in [0.15, 0.2) is 47.7 Å². The minimum absolute atomic E-state index is 0.0318. The molecule has 1 aromatic rings. The molecule has 2 atom stereocenters. The van der Waals surface area contributed by atoms with Crippen molar-refractivity contribution in [1.29, 1.82) is 0 Å². The zero-order valence-corrected chi connectivity index (χ0v) is 27.6. The Hall–Kier alpha value is -1.19. The van der Waals surface area contributed by atoms with E-state index in [0.29, 0.717) is 13.2 Å². The van der Waals surface area contributed by atoms with Crippen molar-refractivity contribution in [3.8, 4) is 5.75 Å². The average Bonchev–Trinajstić information content (AvgIpc) is 2.78. The maximum atomic E-state index is 6.57. The molecule has 0 aliphatic carbocycles. The van der Waals surface area contributed by atoms with Crippen LogP contribution in [-0.2, 0) is 20.5 Å². The van der Waals surface area contributed by atoms with Crippen molar-refractivity contribution in [1.82, 2.24) is 0 Å². The fraction of sp³-hybridized carbons (Fsp3) is 0.677. The Morgan fingerprint density at radius 3 is 2.19 bits per heavy atom. The highest BCUT2D eigenvalue weighted by molar-refractivity contribution is 6.81. The van der Waals surface area contributed by atoms with E-state index in [1.165, 1.54) is 0 Å². The summed E-state index contributed by atoms with van der Waals surface area (Å²) in [7, 11) is -1.39. The highest BCUT2D eigenvalue weighted by Gasteiger charge is 2.38. The maximum Gasteiger partial charge on any atom is 0.192 e. The first-order chi connectivity index (χ1) is 17.0. The lowest BCUT2D eigenvalue weighted by Gasteiger charge is -2.38. The van der Waals surface area contributed by atoms with Gasteiger partial charge in [0, 0.05) is 18.6 Å². The van der Waals surface area contributed by atoms with Crippen LogP contribution in [0.25, 0.3) is 0 Å². The summed E-state index contributed by atoms with van der Waals surface area (Å²) in [4.78, 5) is 0. The zero-order chi connectivity index (χ0) is 27.9. The predicted molar refractivity (Wildman–Crippen MR) is 163 cm³/mol. The van der Waals surface area contributed by atoms with E-state index in [2.05, 4.69) is 97.3 Å². The van der Waals surface area contributed by atoms with Crippen LogP contribution in [0.1, 0.15) is 59.4 Å². The van der Waals surface area contributed by atoms with E-state index in [9.17, 15) is 0 Å². The third-order valence-corrected chi connectivity index (χ3v) is 13.1. The van der Waals surface area contributed by atoms with Gasteiger partial charge in [-0.15, -0.1) is 0 Å². The lowest BCUT2D eigenvalue weighted by atomic mass is 9.91. The van der Waals surface area contributed by atoms with Gasteiger partial charge in [0.2, 0.25) is 0 Å². The molecule has 6 heteroatoms. The molecule has 37 heavy (non-hydrogen) atoms. The molecule has 1 heterocycles. The Bertz CT molecular complexity index is 889. The molecule has 0 spiro atoms. The second kappa shape index (κ2) is 13.2. The van der Waals surface area contributed by atoms with E-state index in [-0.39, 0.29) is 22.7 Å². The summed E-state index contributed by atoms with van der Waals surface area (Å²) in [6, 6.07) is 8.07. The second-order valence-corrected chi connectivity index (χ2v) is 23.8. The highest BCUT2D eigenvalue weighted by Crippen LogP contribution is 2.38. The maximum absolute atomic E-state index is 6.57. The quantitative estimate of drug-likeness (QED) is 0.149. The first kappa shape index (κ1) is 32.0. The van der Waals surface area contributed by atoms with E-state index in [1.54, 1.807) is 12.7 Å². The van der Waals surface area contributed by atoms with Crippen LogP contribution in [0.4, 0.5) is 0 Å². The second-order valence-electron chi connectivity index (χ2n) is 14.0. The number of rotatable bonds is 12. The van der Waals surface area contributed by atoms with Gasteiger partial charge in [-0.3, -0.25) is 0 Å². The lowest BCUT2D eigenvalue weighted by Crippen LogP contribution is -2.42. The number of benzene rings is 1. The largest absolute Gasteiger partial charge is 0.497 e. The Morgan fingerprint density at radius 1 is 0.973 bits per heavy atom. The first-order valence-electron chi connectivity index (χ1n) is 13.9. The number of methoxy groups -OCH3 is 1. The van der Waals surface area contributed by atoms with Gasteiger partial charge in [0.05, 0.1) is 34.0 Å². The normalized spacial score (nSPS) is 21.1. The van der Waals surface area contributed by atoms with Crippen LogP contribution in [0.5, 0.6) is 5.75 Å². The Labute approximate surface area is 230 Å². The fourth-order valence-electron chi connectivity index (χ4n) is 4.12. The fourth-order valence-corrected chi connectivity index (χ4v) is 6.74. The molecule has 1 aliphatic heterocycles. The molecule has 0 bridgehead atoms. The number of hydrogen-bond acceptors (Lipinski definition) is 4. The molecule has 0 amide bonds. The number of ether oxygens (including phenoxy) is 3. The molecule has 0 aromatic heterocycles. The van der Waals surface area contributed by atoms with Gasteiger partial charge in [0.25, 0.3) is 0 Å². The van der Waals surface area contributed by atoms with Crippen molar-refractivity contribution in [2.45, 2.75) is 110 Å². The van der Waals surface area contributed by atoms with Crippen molar-refractivity contribution in [2.75, 3.05) is 20.3 Å². The smallest absolute Gasteiger partial charge is 0.192 e. The van der Waals surface area contributed by atoms with E-state index >= 15 is 0 Å². The molecule has 0 saturated carbocycles. The first-order valence-corrected chi connectivity index (χ1v) is 20.4. The van der Waals surface area contributed by atoms with Crippen molar-refractivity contribution in [3.63, 3.8) is 0 Å². The van der Waals surface area contributed by atoms with Gasteiger partial charge in [-0.25, -0.2) is 0 Å². The third kappa shape index (κ3) is 11.6. The van der Waals surface area contributed by atoms with E-state index in [4.69, 9.17) is 18.6 Å². The van der Waals surface area contributed by atoms with Gasteiger partial charge < -0.3 is 18.6 Å². The molecular weight excluding hydrogens is 493 g/mol. The van der Waals surface area contributed by atoms with Gasteiger partial charge in [-0.2, -0.15) is 0 Å². The Morgan fingerprint density at radius 2 is 1.62 bits per heavy atom. The molecule has 1 aromatic carbocycles. The number of hydrogen-bond donors (Lipinski definition) is 0. The molecule has 4 nitrogen and oxygen atoms in total. The molecule has 210 valence electrons. The van der Waals surface area contributed by atoms with Crippen LogP contribution >= 0.6 is 0 Å². The highest BCUT2D eigenvalue weighted by atomic mass is 28.4. The Kier molecular flexibility index (Phi) is 11.5. The molecule has 0 N–H and O–H groups in total. The molecule has 1 saturated heterocycles. The van der Waals surface area contributed by atoms with Gasteiger partial charge in [-0.1, -0.05) is 89.8 Å². The van der Waals surface area contributed by atoms with E-state index < -0.39 is 16.4 Å². The van der Waals surface area contributed by atoms with Crippen LogP contribution in [0.3, 0.4) is 0 Å². The minimum atomic E-state index is -1.77. The summed E-state index contributed by atoms with van der Waals surface area (Å²) < 4.78 is 24.4. The molecule has 2 rings (SSSR count). The molecular formula is C31H54O4Si2. The lowest BCUT2D eigenvalue weighted by molar-refractivity contribution is -0.0269. The summed E-state index contributed by atoms with van der Waals surface area (Å²) >= 11 is 0. The predicted octanol–water partition coefficient (Wildman–Crippen LogP) is 8.56. The van der Waals surface area contributed by atoms with E-state index in [0.717, 1.165) is 37.2 Å². The summed E-state index contributed by atoms with van der Waals surface area (Å²) in [5, 5.41) is 0.221. The third-order valence-electron chi connectivity index (χ3n) is 7.34. The van der Waals surface area contributed by atoms with Crippen LogP contribution in [0.2, 0.25) is 37.8 Å². The standard InChI is InChI=1S/C31H54O4Si2/c1-30(2,3)37(10,11)34-24-31(4,5)18-16-28-20-26(23-36(7,8)9)21-29(35-28)17-19-33-22-25-12-14-27(32-6)15-13-25/h12-16,18,23,28-29H,17,19-22,24H2,1-11H3/b18-16+,26-23+/t28-,29+/m0/s1. The summed E-state index contributed by atoms with van der Waals surface area (Å²) in [6.45, 7) is 25.4. The summed E-state index contributed by atoms with van der Waals surface area (Å²) in [6.07, 6.45) is 7.81. The van der Waals surface area contributed by atoms with Crippen molar-refractivity contribution < 1.29 is 18.6 Å². The van der Waals surface area contributed by atoms with Crippen molar-refractivity contribution >= 4 is 16.4 Å².